The zero-order valence-electron chi connectivity index (χ0n) is 18.4. The Balaban J connectivity index is 1.58. The number of piperazine rings is 1. The van der Waals surface area contributed by atoms with E-state index in [2.05, 4.69) is 4.90 Å². The molecule has 2 aromatic carbocycles. The second kappa shape index (κ2) is 11.0. The van der Waals surface area contributed by atoms with Crippen molar-refractivity contribution in [3.05, 3.63) is 47.0 Å². The highest BCUT2D eigenvalue weighted by atomic mass is 35.5. The maximum Gasteiger partial charge on any atom is 0.235 e. The van der Waals surface area contributed by atoms with Crippen molar-refractivity contribution in [2.24, 2.45) is 0 Å². The van der Waals surface area contributed by atoms with Gasteiger partial charge < -0.3 is 19.1 Å². The van der Waals surface area contributed by atoms with E-state index in [4.69, 9.17) is 25.8 Å². The molecule has 1 amide bonds. The van der Waals surface area contributed by atoms with Gasteiger partial charge in [0.15, 0.2) is 11.5 Å². The summed E-state index contributed by atoms with van der Waals surface area (Å²) in [6.07, 6.45) is 0. The number of amides is 1. The van der Waals surface area contributed by atoms with Crippen molar-refractivity contribution in [1.29, 1.82) is 0 Å². The fraction of sp³-hybridized carbons (Fsp3) is 0.435. The van der Waals surface area contributed by atoms with Crippen LogP contribution in [0.1, 0.15) is 12.5 Å². The summed E-state index contributed by atoms with van der Waals surface area (Å²) in [5, 5.41) is 0.498. The van der Waals surface area contributed by atoms with Crippen LogP contribution in [0.2, 0.25) is 5.02 Å². The molecule has 1 aliphatic heterocycles. The summed E-state index contributed by atoms with van der Waals surface area (Å²) in [5.74, 6) is 2.07. The Hall–Kier alpha value is -2.09. The SMILES string of the molecule is COc1ccc(CN2CCN(C(=O)C(C)Sc3ccccc3Cl)CC2)c(OC)c1OC. The molecule has 0 N–H and O–H groups in total. The number of carbonyl (C=O) groups is 1. The van der Waals surface area contributed by atoms with Crippen molar-refractivity contribution in [3.63, 3.8) is 0 Å². The largest absolute Gasteiger partial charge is 0.493 e. The van der Waals surface area contributed by atoms with Crippen LogP contribution in [-0.2, 0) is 11.3 Å². The average molecular weight is 465 g/mol. The maximum absolute atomic E-state index is 12.9. The van der Waals surface area contributed by atoms with Gasteiger partial charge in [-0.1, -0.05) is 29.8 Å². The van der Waals surface area contributed by atoms with Crippen LogP contribution in [0.4, 0.5) is 0 Å². The summed E-state index contributed by atoms with van der Waals surface area (Å²) < 4.78 is 16.4. The van der Waals surface area contributed by atoms with Crippen LogP contribution in [0.25, 0.3) is 0 Å². The first-order valence-electron chi connectivity index (χ1n) is 10.2. The van der Waals surface area contributed by atoms with E-state index in [0.717, 1.165) is 30.1 Å². The van der Waals surface area contributed by atoms with Gasteiger partial charge in [0.2, 0.25) is 11.7 Å². The summed E-state index contributed by atoms with van der Waals surface area (Å²) in [5.41, 5.74) is 1.03. The van der Waals surface area contributed by atoms with Gasteiger partial charge in [-0.2, -0.15) is 0 Å². The quantitative estimate of drug-likeness (QED) is 0.546. The molecule has 168 valence electrons. The van der Waals surface area contributed by atoms with Crippen molar-refractivity contribution in [3.8, 4) is 17.2 Å². The number of methoxy groups -OCH3 is 3. The number of rotatable bonds is 8. The van der Waals surface area contributed by atoms with Crippen molar-refractivity contribution in [2.45, 2.75) is 23.6 Å². The van der Waals surface area contributed by atoms with Crippen LogP contribution in [0.5, 0.6) is 17.2 Å². The second-order valence-corrected chi connectivity index (χ2v) is 9.08. The summed E-state index contributed by atoms with van der Waals surface area (Å²) in [7, 11) is 4.85. The van der Waals surface area contributed by atoms with Gasteiger partial charge in [0, 0.05) is 43.2 Å². The normalized spacial score (nSPS) is 15.5. The molecule has 3 rings (SSSR count). The zero-order valence-corrected chi connectivity index (χ0v) is 20.0. The Morgan fingerprint density at radius 3 is 2.29 bits per heavy atom. The van der Waals surface area contributed by atoms with Gasteiger partial charge in [-0.15, -0.1) is 11.8 Å². The van der Waals surface area contributed by atoms with Crippen LogP contribution in [-0.4, -0.2) is 68.5 Å². The molecule has 0 aromatic heterocycles. The van der Waals surface area contributed by atoms with Crippen molar-refractivity contribution >= 4 is 29.3 Å². The smallest absolute Gasteiger partial charge is 0.235 e. The standard InChI is InChI=1S/C23H29ClN2O4S/c1-16(31-20-8-6-5-7-18(20)24)23(27)26-13-11-25(12-14-26)15-17-9-10-19(28-2)22(30-4)21(17)29-3/h5-10,16H,11-15H2,1-4H3. The van der Waals surface area contributed by atoms with E-state index in [9.17, 15) is 4.79 Å². The highest BCUT2D eigenvalue weighted by Crippen LogP contribution is 2.40. The topological polar surface area (TPSA) is 51.2 Å². The molecule has 31 heavy (non-hydrogen) atoms. The number of ether oxygens (including phenoxy) is 3. The van der Waals surface area contributed by atoms with Gasteiger partial charge in [0.05, 0.1) is 31.6 Å². The van der Waals surface area contributed by atoms with Crippen LogP contribution >= 0.6 is 23.4 Å². The predicted molar refractivity (Wildman–Crippen MR) is 125 cm³/mol. The van der Waals surface area contributed by atoms with Crippen LogP contribution in [0, 0.1) is 0 Å². The third-order valence-corrected chi connectivity index (χ3v) is 6.96. The lowest BCUT2D eigenvalue weighted by atomic mass is 10.1. The summed E-state index contributed by atoms with van der Waals surface area (Å²) >= 11 is 7.75. The molecule has 0 bridgehead atoms. The molecule has 6 nitrogen and oxygen atoms in total. The Kier molecular flexibility index (Phi) is 8.35. The minimum Gasteiger partial charge on any atom is -0.493 e. The average Bonchev–Trinajstić information content (AvgIpc) is 2.80. The monoisotopic (exact) mass is 464 g/mol. The fourth-order valence-corrected chi connectivity index (χ4v) is 4.93. The van der Waals surface area contributed by atoms with Gasteiger partial charge in [0.1, 0.15) is 0 Å². The molecule has 1 fully saturated rings. The third kappa shape index (κ3) is 5.59. The van der Waals surface area contributed by atoms with Gasteiger partial charge in [-0.3, -0.25) is 9.69 Å². The Bertz CT molecular complexity index is 903. The summed E-state index contributed by atoms with van der Waals surface area (Å²) in [6, 6.07) is 11.5. The number of halogens is 1. The minimum atomic E-state index is -0.183. The number of carbonyl (C=O) groups excluding carboxylic acids is 1. The van der Waals surface area contributed by atoms with Crippen molar-refractivity contribution in [1.82, 2.24) is 9.80 Å². The predicted octanol–water partition coefficient (Wildman–Crippen LogP) is 4.19. The van der Waals surface area contributed by atoms with Gasteiger partial charge >= 0.3 is 0 Å². The first-order chi connectivity index (χ1) is 15.0. The van der Waals surface area contributed by atoms with E-state index in [1.807, 2.05) is 48.2 Å². The maximum atomic E-state index is 12.9. The van der Waals surface area contributed by atoms with E-state index in [1.165, 1.54) is 11.8 Å². The molecule has 1 unspecified atom stereocenters. The van der Waals surface area contributed by atoms with Crippen molar-refractivity contribution in [2.75, 3.05) is 47.5 Å². The first kappa shape index (κ1) is 23.6. The lowest BCUT2D eigenvalue weighted by molar-refractivity contribution is -0.132. The molecular weight excluding hydrogens is 436 g/mol. The number of benzene rings is 2. The Labute approximate surface area is 193 Å². The molecule has 1 atom stereocenters. The summed E-state index contributed by atoms with van der Waals surface area (Å²) in [6.45, 7) is 5.65. The molecular formula is C23H29ClN2O4S. The fourth-order valence-electron chi connectivity index (χ4n) is 3.69. The molecule has 2 aromatic rings. The molecule has 1 saturated heterocycles. The Morgan fingerprint density at radius 1 is 1.00 bits per heavy atom. The number of nitrogens with zero attached hydrogens (tertiary/aromatic N) is 2. The molecule has 0 aliphatic carbocycles. The third-order valence-electron chi connectivity index (χ3n) is 5.35. The first-order valence-corrected chi connectivity index (χ1v) is 11.4. The second-order valence-electron chi connectivity index (χ2n) is 7.29. The highest BCUT2D eigenvalue weighted by Gasteiger charge is 2.27. The highest BCUT2D eigenvalue weighted by molar-refractivity contribution is 8.00. The van der Waals surface area contributed by atoms with Gasteiger partial charge in [-0.05, 0) is 25.1 Å². The van der Waals surface area contributed by atoms with E-state index >= 15 is 0 Å². The molecule has 8 heteroatoms. The number of thioether (sulfide) groups is 1. The van der Waals surface area contributed by atoms with Crippen LogP contribution < -0.4 is 14.2 Å². The van der Waals surface area contributed by atoms with Gasteiger partial charge in [-0.25, -0.2) is 0 Å². The van der Waals surface area contributed by atoms with E-state index in [0.29, 0.717) is 35.4 Å². The Morgan fingerprint density at radius 2 is 1.68 bits per heavy atom. The molecule has 1 heterocycles. The van der Waals surface area contributed by atoms with E-state index in [1.54, 1.807) is 21.3 Å². The van der Waals surface area contributed by atoms with Crippen molar-refractivity contribution < 1.29 is 19.0 Å². The molecule has 0 saturated carbocycles. The lowest BCUT2D eigenvalue weighted by Crippen LogP contribution is -2.50. The molecule has 0 radical (unpaired) electrons. The molecule has 1 aliphatic rings. The number of hydrogen-bond acceptors (Lipinski definition) is 6. The molecule has 0 spiro atoms. The van der Waals surface area contributed by atoms with Gasteiger partial charge in [0.25, 0.3) is 0 Å². The van der Waals surface area contributed by atoms with E-state index < -0.39 is 0 Å². The zero-order chi connectivity index (χ0) is 22.4. The lowest BCUT2D eigenvalue weighted by Gasteiger charge is -2.36. The number of hydrogen-bond donors (Lipinski definition) is 0. The van der Waals surface area contributed by atoms with E-state index in [-0.39, 0.29) is 11.2 Å². The minimum absolute atomic E-state index is 0.147. The van der Waals surface area contributed by atoms with Crippen LogP contribution in [0.15, 0.2) is 41.3 Å². The summed E-state index contributed by atoms with van der Waals surface area (Å²) in [4.78, 5) is 18.1. The van der Waals surface area contributed by atoms with Crippen LogP contribution in [0.3, 0.4) is 0 Å².